The predicted octanol–water partition coefficient (Wildman–Crippen LogP) is 10.9. The molecule has 0 heterocycles. The molecule has 0 aliphatic rings. The highest BCUT2D eigenvalue weighted by Crippen LogP contribution is 2.38. The molecule has 0 aromatic heterocycles. The molecule has 1 unspecified atom stereocenters. The van der Waals surface area contributed by atoms with Gasteiger partial charge >= 0.3 is 11.9 Å². The number of phosphoric acid groups is 1. The van der Waals surface area contributed by atoms with Gasteiger partial charge in [-0.2, -0.15) is 0 Å². The second-order valence-corrected chi connectivity index (χ2v) is 16.8. The van der Waals surface area contributed by atoms with E-state index >= 15 is 0 Å². The molecule has 0 saturated heterocycles. The number of carbonyl (C=O) groups excluding carboxylic acids is 2. The van der Waals surface area contributed by atoms with E-state index in [-0.39, 0.29) is 26.1 Å². The molecule has 0 saturated carbocycles. The van der Waals surface area contributed by atoms with E-state index in [1.807, 2.05) is 27.2 Å². The van der Waals surface area contributed by atoms with E-state index < -0.39 is 32.5 Å². The summed E-state index contributed by atoms with van der Waals surface area (Å²) in [6.45, 7) is 4.16. The van der Waals surface area contributed by atoms with Gasteiger partial charge in [-0.3, -0.25) is 14.2 Å². The zero-order valence-corrected chi connectivity index (χ0v) is 35.2. The van der Waals surface area contributed by atoms with Gasteiger partial charge in [0.05, 0.1) is 27.7 Å². The van der Waals surface area contributed by atoms with E-state index in [0.717, 1.165) is 44.9 Å². The number of hydrogen-bond acceptors (Lipinski definition) is 8. The Balaban J connectivity index is 4.44. The first-order chi connectivity index (χ1) is 25.0. The lowest BCUT2D eigenvalue weighted by Crippen LogP contribution is -2.37. The number of phosphoric ester groups is 1. The second-order valence-electron chi connectivity index (χ2n) is 15.3. The topological polar surface area (TPSA) is 111 Å². The van der Waals surface area contributed by atoms with Crippen molar-refractivity contribution >= 4 is 19.8 Å². The van der Waals surface area contributed by atoms with Crippen LogP contribution in [0.4, 0.5) is 0 Å². The average molecular weight is 758 g/mol. The molecule has 0 fully saturated rings. The number of likely N-dealkylation sites (N-methyl/N-ethyl adjacent to an activating group) is 1. The summed E-state index contributed by atoms with van der Waals surface area (Å²) in [6.07, 6.45) is 36.4. The minimum absolute atomic E-state index is 0.0366. The van der Waals surface area contributed by atoms with Crippen LogP contribution < -0.4 is 4.89 Å². The molecule has 0 aliphatic heterocycles. The molecule has 0 spiro atoms. The van der Waals surface area contributed by atoms with Gasteiger partial charge in [-0.1, -0.05) is 141 Å². The number of ether oxygens (including phenoxy) is 2. The maximum absolute atomic E-state index is 12.6. The summed E-state index contributed by atoms with van der Waals surface area (Å²) in [7, 11) is 1.14. The Morgan fingerprint density at radius 2 is 1.02 bits per heavy atom. The molecule has 52 heavy (non-hydrogen) atoms. The van der Waals surface area contributed by atoms with Crippen molar-refractivity contribution in [2.75, 3.05) is 47.5 Å². The molecule has 0 N–H and O–H groups in total. The first-order valence-corrected chi connectivity index (χ1v) is 22.5. The Morgan fingerprint density at radius 1 is 0.577 bits per heavy atom. The maximum atomic E-state index is 12.6. The summed E-state index contributed by atoms with van der Waals surface area (Å²) in [5, 5.41) is 0. The molecule has 0 aromatic carbocycles. The third kappa shape index (κ3) is 38.2. The second kappa shape index (κ2) is 35.2. The van der Waals surface area contributed by atoms with Crippen LogP contribution in [0.25, 0.3) is 0 Å². The molecule has 0 amide bonds. The van der Waals surface area contributed by atoms with E-state index in [1.54, 1.807) is 0 Å². The van der Waals surface area contributed by atoms with E-state index in [9.17, 15) is 19.0 Å². The highest BCUT2D eigenvalue weighted by Gasteiger charge is 2.21. The van der Waals surface area contributed by atoms with Crippen molar-refractivity contribution in [3.8, 4) is 0 Å². The van der Waals surface area contributed by atoms with E-state index in [0.29, 0.717) is 23.9 Å². The van der Waals surface area contributed by atoms with Crippen LogP contribution in [-0.4, -0.2) is 70.0 Å². The molecule has 306 valence electrons. The Kier molecular flexibility index (Phi) is 34.2. The Labute approximate surface area is 319 Å². The van der Waals surface area contributed by atoms with E-state index in [2.05, 4.69) is 32.1 Å². The van der Waals surface area contributed by atoms with Crippen LogP contribution in [0.1, 0.15) is 181 Å². The van der Waals surface area contributed by atoms with Crippen LogP contribution in [0.3, 0.4) is 0 Å². The normalized spacial score (nSPS) is 13.9. The summed E-state index contributed by atoms with van der Waals surface area (Å²) in [6, 6.07) is 0. The fourth-order valence-electron chi connectivity index (χ4n) is 5.61. The van der Waals surface area contributed by atoms with E-state index in [4.69, 9.17) is 18.5 Å². The SMILES string of the molecule is CCCCCC/C=C/CCCCCCCC(=O)OC[C@H](COP(=O)([O-])OCC[N+](C)(C)C)OC(=O)CC/C=C/CCCCCCCCCCCCC. The molecule has 2 atom stereocenters. The number of allylic oxidation sites excluding steroid dienone is 4. The highest BCUT2D eigenvalue weighted by molar-refractivity contribution is 7.45. The van der Waals surface area contributed by atoms with Crippen LogP contribution in [-0.2, 0) is 32.7 Å². The lowest BCUT2D eigenvalue weighted by Gasteiger charge is -2.28. The summed E-state index contributed by atoms with van der Waals surface area (Å²) < 4.78 is 33.8. The Bertz CT molecular complexity index is 949. The van der Waals surface area contributed by atoms with Crippen molar-refractivity contribution < 1.29 is 42.1 Å². The van der Waals surface area contributed by atoms with Crippen molar-refractivity contribution in [2.45, 2.75) is 187 Å². The van der Waals surface area contributed by atoms with Crippen molar-refractivity contribution in [3.63, 3.8) is 0 Å². The molecule has 0 radical (unpaired) electrons. The molecule has 0 aromatic rings. The first kappa shape index (κ1) is 50.5. The van der Waals surface area contributed by atoms with Crippen LogP contribution >= 0.6 is 7.82 Å². The fourth-order valence-corrected chi connectivity index (χ4v) is 6.34. The van der Waals surface area contributed by atoms with Crippen LogP contribution in [0.5, 0.6) is 0 Å². The van der Waals surface area contributed by atoms with Crippen molar-refractivity contribution in [1.29, 1.82) is 0 Å². The van der Waals surface area contributed by atoms with Gasteiger partial charge < -0.3 is 27.9 Å². The van der Waals surface area contributed by atoms with Gasteiger partial charge in [-0.05, 0) is 51.4 Å². The summed E-state index contributed by atoms with van der Waals surface area (Å²) in [4.78, 5) is 37.4. The van der Waals surface area contributed by atoms with Gasteiger partial charge in [-0.25, -0.2) is 0 Å². The lowest BCUT2D eigenvalue weighted by molar-refractivity contribution is -0.870. The van der Waals surface area contributed by atoms with Gasteiger partial charge in [0, 0.05) is 12.8 Å². The van der Waals surface area contributed by atoms with Crippen molar-refractivity contribution in [2.24, 2.45) is 0 Å². The van der Waals surface area contributed by atoms with Crippen LogP contribution in [0, 0.1) is 0 Å². The molecule has 10 heteroatoms. The first-order valence-electron chi connectivity index (χ1n) is 21.0. The minimum Gasteiger partial charge on any atom is -0.756 e. The monoisotopic (exact) mass is 758 g/mol. The largest absolute Gasteiger partial charge is 0.756 e. The lowest BCUT2D eigenvalue weighted by atomic mass is 10.1. The number of rotatable bonds is 38. The van der Waals surface area contributed by atoms with Gasteiger partial charge in [-0.15, -0.1) is 0 Å². The smallest absolute Gasteiger partial charge is 0.306 e. The maximum Gasteiger partial charge on any atom is 0.306 e. The zero-order chi connectivity index (χ0) is 38.6. The van der Waals surface area contributed by atoms with Gasteiger partial charge in [0.15, 0.2) is 6.10 Å². The Hall–Kier alpha value is -1.51. The fraction of sp³-hybridized carbons (Fsp3) is 0.857. The average Bonchev–Trinajstić information content (AvgIpc) is 3.09. The van der Waals surface area contributed by atoms with Gasteiger partial charge in [0.2, 0.25) is 0 Å². The third-order valence-corrected chi connectivity index (χ3v) is 9.92. The molecule has 9 nitrogen and oxygen atoms in total. The quantitative estimate of drug-likeness (QED) is 0.0201. The van der Waals surface area contributed by atoms with E-state index in [1.165, 1.54) is 96.3 Å². The minimum atomic E-state index is -4.63. The molecule has 0 bridgehead atoms. The molecular formula is C42H80NO8P. The number of carbonyl (C=O) groups is 2. The standard InChI is InChI=1S/C42H80NO8P/c1-6-8-10-12-14-16-18-20-21-23-25-27-29-31-33-35-42(45)51-40(39-50-52(46,47)49-37-36-43(3,4)5)38-48-41(44)34-32-30-28-26-24-22-19-17-15-13-11-9-7-2/h17,19,29,31,40H,6-16,18,20-28,30,32-39H2,1-5H3/b19-17+,31-29+/t40-/m1/s1. The number of nitrogens with zero attached hydrogens (tertiary/aromatic N) is 1. The number of quaternary nitrogens is 1. The zero-order valence-electron chi connectivity index (χ0n) is 34.3. The number of unbranched alkanes of at least 4 members (excludes halogenated alkanes) is 20. The highest BCUT2D eigenvalue weighted by atomic mass is 31.2. The number of esters is 2. The van der Waals surface area contributed by atoms with Crippen molar-refractivity contribution in [3.05, 3.63) is 24.3 Å². The Morgan fingerprint density at radius 3 is 1.52 bits per heavy atom. The summed E-state index contributed by atoms with van der Waals surface area (Å²) >= 11 is 0. The summed E-state index contributed by atoms with van der Waals surface area (Å²) in [5.74, 6) is -0.899. The summed E-state index contributed by atoms with van der Waals surface area (Å²) in [5.41, 5.74) is 0. The van der Waals surface area contributed by atoms with Crippen LogP contribution in [0.2, 0.25) is 0 Å². The molecule has 0 rings (SSSR count). The van der Waals surface area contributed by atoms with Crippen LogP contribution in [0.15, 0.2) is 24.3 Å². The van der Waals surface area contributed by atoms with Gasteiger partial charge in [0.25, 0.3) is 7.82 Å². The van der Waals surface area contributed by atoms with Crippen molar-refractivity contribution in [1.82, 2.24) is 0 Å². The molecule has 0 aliphatic carbocycles. The van der Waals surface area contributed by atoms with Gasteiger partial charge in [0.1, 0.15) is 19.8 Å². The third-order valence-electron chi connectivity index (χ3n) is 8.96. The molecular weight excluding hydrogens is 677 g/mol. The predicted molar refractivity (Wildman–Crippen MR) is 213 cm³/mol. The number of hydrogen-bond donors (Lipinski definition) is 0.